The average molecular weight is 197 g/mol. The van der Waals surface area contributed by atoms with Crippen LogP contribution in [0.2, 0.25) is 0 Å². The van der Waals surface area contributed by atoms with Crippen LogP contribution in [-0.2, 0) is 9.59 Å². The first-order valence-corrected chi connectivity index (χ1v) is 4.10. The topological polar surface area (TPSA) is 79.5 Å². The number of carbonyl (C=O) groups is 2. The van der Waals surface area contributed by atoms with E-state index in [-0.39, 0.29) is 12.3 Å². The quantitative estimate of drug-likeness (QED) is 0.752. The van der Waals surface area contributed by atoms with Gasteiger partial charge >= 0.3 is 5.97 Å². The zero-order valence-corrected chi connectivity index (χ0v) is 7.69. The van der Waals surface area contributed by atoms with E-state index >= 15 is 0 Å². The Bertz CT molecular complexity index is 302. The van der Waals surface area contributed by atoms with E-state index in [0.29, 0.717) is 5.56 Å². The Kier molecular flexibility index (Phi) is 3.28. The molecule has 1 aromatic rings. The molecule has 0 aliphatic rings. The number of hydrogen-bond acceptors (Lipinski definition) is 3. The average Bonchev–Trinajstić information content (AvgIpc) is 2.52. The minimum absolute atomic E-state index is 0.154. The molecule has 1 atom stereocenters. The highest BCUT2D eigenvalue weighted by atomic mass is 16.4. The van der Waals surface area contributed by atoms with Gasteiger partial charge in [-0.1, -0.05) is 0 Å². The largest absolute Gasteiger partial charge is 0.481 e. The Morgan fingerprint density at radius 1 is 1.64 bits per heavy atom. The van der Waals surface area contributed by atoms with E-state index in [9.17, 15) is 9.59 Å². The van der Waals surface area contributed by atoms with Crippen molar-refractivity contribution in [1.29, 1.82) is 0 Å². The maximum atomic E-state index is 10.8. The zero-order valence-electron chi connectivity index (χ0n) is 7.69. The lowest BCUT2D eigenvalue weighted by atomic mass is 10.1. The first-order valence-electron chi connectivity index (χ1n) is 4.10. The molecule has 5 heteroatoms. The number of amides is 1. The van der Waals surface area contributed by atoms with Crippen LogP contribution in [0.15, 0.2) is 23.0 Å². The number of hydrogen-bond donors (Lipinski definition) is 2. The van der Waals surface area contributed by atoms with Gasteiger partial charge in [-0.05, 0) is 6.07 Å². The predicted molar refractivity (Wildman–Crippen MR) is 47.5 cm³/mol. The minimum atomic E-state index is -0.968. The summed E-state index contributed by atoms with van der Waals surface area (Å²) >= 11 is 0. The third kappa shape index (κ3) is 2.93. The molecule has 0 fully saturated rings. The summed E-state index contributed by atoms with van der Waals surface area (Å²) in [6.45, 7) is 1.34. The Balaban J connectivity index is 2.71. The molecule has 0 aliphatic carbocycles. The van der Waals surface area contributed by atoms with Gasteiger partial charge in [0.1, 0.15) is 0 Å². The number of rotatable bonds is 4. The first kappa shape index (κ1) is 10.3. The first-order chi connectivity index (χ1) is 6.59. The lowest BCUT2D eigenvalue weighted by Crippen LogP contribution is -2.27. The fourth-order valence-corrected chi connectivity index (χ4v) is 1.15. The summed E-state index contributed by atoms with van der Waals surface area (Å²) in [6, 6.07) is 1.10. The van der Waals surface area contributed by atoms with Crippen LogP contribution in [0.5, 0.6) is 0 Å². The van der Waals surface area contributed by atoms with E-state index in [1.807, 2.05) is 0 Å². The van der Waals surface area contributed by atoms with Gasteiger partial charge in [0.25, 0.3) is 0 Å². The van der Waals surface area contributed by atoms with Gasteiger partial charge in [0.15, 0.2) is 0 Å². The van der Waals surface area contributed by atoms with Crippen molar-refractivity contribution in [2.75, 3.05) is 0 Å². The molecule has 0 bridgehead atoms. The summed E-state index contributed by atoms with van der Waals surface area (Å²) in [5.41, 5.74) is 0.655. The summed E-state index contributed by atoms with van der Waals surface area (Å²) in [4.78, 5) is 21.3. The van der Waals surface area contributed by atoms with Crippen LogP contribution in [-0.4, -0.2) is 17.0 Å². The summed E-state index contributed by atoms with van der Waals surface area (Å²) in [5.74, 6) is -1.23. The second-order valence-electron chi connectivity index (χ2n) is 2.91. The highest BCUT2D eigenvalue weighted by molar-refractivity contribution is 5.75. The molecule has 76 valence electrons. The normalized spacial score (nSPS) is 12.1. The number of furan rings is 1. The molecule has 1 rings (SSSR count). The summed E-state index contributed by atoms with van der Waals surface area (Å²) in [7, 11) is 0. The molecule has 0 aliphatic heterocycles. The minimum Gasteiger partial charge on any atom is -0.481 e. The van der Waals surface area contributed by atoms with E-state index < -0.39 is 12.0 Å². The molecule has 1 amide bonds. The molecule has 14 heavy (non-hydrogen) atoms. The van der Waals surface area contributed by atoms with Crippen molar-refractivity contribution in [2.24, 2.45) is 0 Å². The third-order valence-corrected chi connectivity index (χ3v) is 1.70. The molecule has 0 aromatic carbocycles. The summed E-state index contributed by atoms with van der Waals surface area (Å²) in [5, 5.41) is 11.1. The Hall–Kier alpha value is -1.78. The second-order valence-corrected chi connectivity index (χ2v) is 2.91. The lowest BCUT2D eigenvalue weighted by Gasteiger charge is -2.13. The Morgan fingerprint density at radius 3 is 2.79 bits per heavy atom. The van der Waals surface area contributed by atoms with E-state index in [1.165, 1.54) is 19.5 Å². The van der Waals surface area contributed by atoms with Gasteiger partial charge in [0.05, 0.1) is 25.0 Å². The van der Waals surface area contributed by atoms with Crippen LogP contribution in [0, 0.1) is 0 Å². The third-order valence-electron chi connectivity index (χ3n) is 1.70. The van der Waals surface area contributed by atoms with Crippen molar-refractivity contribution >= 4 is 11.9 Å². The number of carboxylic acid groups (broad SMARTS) is 1. The number of nitrogens with one attached hydrogen (secondary N) is 1. The maximum absolute atomic E-state index is 10.8. The van der Waals surface area contributed by atoms with Gasteiger partial charge in [-0.25, -0.2) is 0 Å². The molecule has 1 aromatic heterocycles. The van der Waals surface area contributed by atoms with Gasteiger partial charge in [-0.3, -0.25) is 9.59 Å². The molecular formula is C9H11NO4. The van der Waals surface area contributed by atoms with Crippen molar-refractivity contribution in [3.63, 3.8) is 0 Å². The van der Waals surface area contributed by atoms with Crippen molar-refractivity contribution in [1.82, 2.24) is 5.32 Å². The van der Waals surface area contributed by atoms with Crippen molar-refractivity contribution in [3.8, 4) is 0 Å². The van der Waals surface area contributed by atoms with Crippen LogP contribution in [0.3, 0.4) is 0 Å². The van der Waals surface area contributed by atoms with Crippen LogP contribution in [0.25, 0.3) is 0 Å². The fraction of sp³-hybridized carbons (Fsp3) is 0.333. The fourth-order valence-electron chi connectivity index (χ4n) is 1.15. The Morgan fingerprint density at radius 2 is 2.36 bits per heavy atom. The predicted octanol–water partition coefficient (Wildman–Crippen LogP) is 0.932. The standard InChI is InChI=1S/C9H11NO4/c1-6(11)10-8(4-9(12)13)7-2-3-14-5-7/h2-3,5,8H,4H2,1H3,(H,10,11)(H,12,13)/t8-/m1/s1. The zero-order chi connectivity index (χ0) is 10.6. The maximum Gasteiger partial charge on any atom is 0.305 e. The smallest absolute Gasteiger partial charge is 0.305 e. The molecular weight excluding hydrogens is 186 g/mol. The molecule has 5 nitrogen and oxygen atoms in total. The van der Waals surface area contributed by atoms with Gasteiger partial charge in [-0.2, -0.15) is 0 Å². The van der Waals surface area contributed by atoms with Gasteiger partial charge < -0.3 is 14.8 Å². The molecule has 2 N–H and O–H groups in total. The monoisotopic (exact) mass is 197 g/mol. The van der Waals surface area contributed by atoms with Crippen molar-refractivity contribution in [2.45, 2.75) is 19.4 Å². The van der Waals surface area contributed by atoms with Crippen LogP contribution < -0.4 is 5.32 Å². The summed E-state index contributed by atoms with van der Waals surface area (Å²) in [6.07, 6.45) is 2.70. The molecule has 0 saturated carbocycles. The molecule has 0 saturated heterocycles. The van der Waals surface area contributed by atoms with Crippen LogP contribution in [0.4, 0.5) is 0 Å². The SMILES string of the molecule is CC(=O)N[C@H](CC(=O)O)c1ccoc1. The van der Waals surface area contributed by atoms with Gasteiger partial charge in [-0.15, -0.1) is 0 Å². The van der Waals surface area contributed by atoms with Crippen molar-refractivity contribution in [3.05, 3.63) is 24.2 Å². The van der Waals surface area contributed by atoms with E-state index in [1.54, 1.807) is 6.07 Å². The lowest BCUT2D eigenvalue weighted by molar-refractivity contribution is -0.137. The molecule has 0 radical (unpaired) electrons. The van der Waals surface area contributed by atoms with E-state index in [4.69, 9.17) is 9.52 Å². The molecule has 1 heterocycles. The summed E-state index contributed by atoms with van der Waals surface area (Å²) < 4.78 is 4.81. The second kappa shape index (κ2) is 4.45. The Labute approximate surface area is 80.7 Å². The molecule has 0 unspecified atom stereocenters. The number of aliphatic carboxylic acids is 1. The van der Waals surface area contributed by atoms with Gasteiger partial charge in [0.2, 0.25) is 5.91 Å². The highest BCUT2D eigenvalue weighted by Gasteiger charge is 2.17. The molecule has 0 spiro atoms. The van der Waals surface area contributed by atoms with E-state index in [0.717, 1.165) is 0 Å². The van der Waals surface area contributed by atoms with Crippen LogP contribution in [0.1, 0.15) is 24.9 Å². The number of carboxylic acids is 1. The highest BCUT2D eigenvalue weighted by Crippen LogP contribution is 2.16. The number of carbonyl (C=O) groups excluding carboxylic acids is 1. The van der Waals surface area contributed by atoms with Gasteiger partial charge in [0, 0.05) is 12.5 Å². The van der Waals surface area contributed by atoms with Crippen molar-refractivity contribution < 1.29 is 19.1 Å². The van der Waals surface area contributed by atoms with E-state index in [2.05, 4.69) is 5.32 Å². The van der Waals surface area contributed by atoms with Crippen LogP contribution >= 0.6 is 0 Å².